The molecule has 1 saturated heterocycles. The largest absolute Gasteiger partial charge is 0.330 e. The second-order valence-corrected chi connectivity index (χ2v) is 6.71. The first-order valence-corrected chi connectivity index (χ1v) is 8.75. The second kappa shape index (κ2) is 7.17. The van der Waals surface area contributed by atoms with Crippen molar-refractivity contribution in [3.05, 3.63) is 78.4 Å². The third kappa shape index (κ3) is 3.48. The maximum atomic E-state index is 6.05. The number of likely N-dealkylation sites (tertiary alicyclic amines) is 1. The lowest BCUT2D eigenvalue weighted by Crippen LogP contribution is -2.23. The van der Waals surface area contributed by atoms with Crippen molar-refractivity contribution in [2.75, 3.05) is 19.6 Å². The minimum Gasteiger partial charge on any atom is -0.330 e. The fourth-order valence-corrected chi connectivity index (χ4v) is 3.76. The van der Waals surface area contributed by atoms with Gasteiger partial charge in [-0.15, -0.1) is 0 Å². The van der Waals surface area contributed by atoms with Gasteiger partial charge < -0.3 is 5.73 Å². The molecule has 0 radical (unpaired) electrons. The number of aromatic nitrogens is 3. The van der Waals surface area contributed by atoms with Gasteiger partial charge in [0.25, 0.3) is 0 Å². The Bertz CT molecular complexity index is 783. The lowest BCUT2D eigenvalue weighted by molar-refractivity contribution is 0.317. The smallest absolute Gasteiger partial charge is 0.138 e. The molecule has 0 aliphatic carbocycles. The normalized spacial score (nSPS) is 20.8. The molecule has 1 aromatic heterocycles. The molecule has 128 valence electrons. The fraction of sp³-hybridized carbons (Fsp3) is 0.300. The summed E-state index contributed by atoms with van der Waals surface area (Å²) in [7, 11) is 0. The first-order valence-electron chi connectivity index (χ1n) is 8.75. The van der Waals surface area contributed by atoms with Crippen LogP contribution in [0.5, 0.6) is 0 Å². The topological polar surface area (TPSA) is 60.0 Å². The van der Waals surface area contributed by atoms with Crippen molar-refractivity contribution in [1.29, 1.82) is 0 Å². The Morgan fingerprint density at radius 3 is 2.48 bits per heavy atom. The predicted octanol–water partition coefficient (Wildman–Crippen LogP) is 2.44. The summed E-state index contributed by atoms with van der Waals surface area (Å²) in [5, 5.41) is 4.17. The fourth-order valence-electron chi connectivity index (χ4n) is 3.76. The van der Waals surface area contributed by atoms with Crippen LogP contribution in [0.4, 0.5) is 0 Å². The monoisotopic (exact) mass is 333 g/mol. The van der Waals surface area contributed by atoms with Crippen molar-refractivity contribution < 1.29 is 0 Å². The third-order valence-electron chi connectivity index (χ3n) is 5.07. The zero-order valence-corrected chi connectivity index (χ0v) is 14.2. The highest BCUT2D eigenvalue weighted by Crippen LogP contribution is 2.32. The average Bonchev–Trinajstić information content (AvgIpc) is 3.33. The molecule has 0 amide bonds. The number of rotatable bonds is 5. The quantitative estimate of drug-likeness (QED) is 0.779. The molecule has 1 fully saturated rings. The molecule has 2 atom stereocenters. The van der Waals surface area contributed by atoms with Crippen molar-refractivity contribution in [2.24, 2.45) is 11.7 Å². The Balaban J connectivity index is 1.44. The molecule has 2 heterocycles. The lowest BCUT2D eigenvalue weighted by Gasteiger charge is -2.17. The predicted molar refractivity (Wildman–Crippen MR) is 98.4 cm³/mol. The Morgan fingerprint density at radius 2 is 1.80 bits per heavy atom. The lowest BCUT2D eigenvalue weighted by atomic mass is 9.89. The van der Waals surface area contributed by atoms with Gasteiger partial charge in [0, 0.05) is 25.6 Å². The molecule has 0 bridgehead atoms. The van der Waals surface area contributed by atoms with E-state index in [0.717, 1.165) is 31.9 Å². The molecule has 2 N–H and O–H groups in total. The van der Waals surface area contributed by atoms with Crippen LogP contribution in [0.15, 0.2) is 67.3 Å². The number of nitrogens with two attached hydrogens (primary N) is 1. The molecule has 1 aliphatic heterocycles. The van der Waals surface area contributed by atoms with Gasteiger partial charge in [0.15, 0.2) is 0 Å². The zero-order valence-electron chi connectivity index (χ0n) is 14.2. The molecule has 3 aromatic rings. The van der Waals surface area contributed by atoms with E-state index >= 15 is 0 Å². The van der Waals surface area contributed by atoms with E-state index in [0.29, 0.717) is 11.8 Å². The summed E-state index contributed by atoms with van der Waals surface area (Å²) < 4.78 is 1.77. The average molecular weight is 333 g/mol. The highest BCUT2D eigenvalue weighted by atomic mass is 15.3. The van der Waals surface area contributed by atoms with Gasteiger partial charge in [-0.3, -0.25) is 4.90 Å². The Labute approximate surface area is 148 Å². The SMILES string of the molecule is NC[C@@H]1CN(Cc2ccc(-n3cncn3)cc2)C[C@H]1c1ccccc1. The summed E-state index contributed by atoms with van der Waals surface area (Å²) in [6, 6.07) is 19.3. The summed E-state index contributed by atoms with van der Waals surface area (Å²) in [6.45, 7) is 3.82. The molecule has 0 unspecified atom stereocenters. The van der Waals surface area contributed by atoms with Gasteiger partial charge in [-0.1, -0.05) is 42.5 Å². The van der Waals surface area contributed by atoms with Gasteiger partial charge in [0.2, 0.25) is 0 Å². The van der Waals surface area contributed by atoms with Gasteiger partial charge in [0.05, 0.1) is 5.69 Å². The highest BCUT2D eigenvalue weighted by molar-refractivity contribution is 5.33. The highest BCUT2D eigenvalue weighted by Gasteiger charge is 2.32. The second-order valence-electron chi connectivity index (χ2n) is 6.71. The summed E-state index contributed by atoms with van der Waals surface area (Å²) in [4.78, 5) is 6.50. The van der Waals surface area contributed by atoms with Crippen LogP contribution in [-0.2, 0) is 6.54 Å². The number of nitrogens with zero attached hydrogens (tertiary/aromatic N) is 4. The van der Waals surface area contributed by atoms with Crippen LogP contribution in [0.2, 0.25) is 0 Å². The van der Waals surface area contributed by atoms with Crippen LogP contribution in [0.1, 0.15) is 17.0 Å². The zero-order chi connectivity index (χ0) is 17.1. The van der Waals surface area contributed by atoms with Crippen molar-refractivity contribution >= 4 is 0 Å². The van der Waals surface area contributed by atoms with E-state index < -0.39 is 0 Å². The minimum absolute atomic E-state index is 0.525. The van der Waals surface area contributed by atoms with Crippen LogP contribution in [0.3, 0.4) is 0 Å². The first-order chi connectivity index (χ1) is 12.3. The molecule has 0 saturated carbocycles. The van der Waals surface area contributed by atoms with Gasteiger partial charge >= 0.3 is 0 Å². The van der Waals surface area contributed by atoms with E-state index in [-0.39, 0.29) is 0 Å². The van der Waals surface area contributed by atoms with E-state index in [1.54, 1.807) is 17.3 Å². The molecule has 1 aliphatic rings. The summed E-state index contributed by atoms with van der Waals surface area (Å²) in [5.41, 5.74) is 9.80. The molecule has 2 aromatic carbocycles. The van der Waals surface area contributed by atoms with Crippen molar-refractivity contribution in [3.63, 3.8) is 0 Å². The Hall–Kier alpha value is -2.50. The van der Waals surface area contributed by atoms with E-state index in [2.05, 4.69) is 69.6 Å². The maximum absolute atomic E-state index is 6.05. The molecule has 5 heteroatoms. The molecule has 5 nitrogen and oxygen atoms in total. The van der Waals surface area contributed by atoms with Crippen LogP contribution < -0.4 is 5.73 Å². The van der Waals surface area contributed by atoms with Crippen molar-refractivity contribution in [2.45, 2.75) is 12.5 Å². The molecule has 4 rings (SSSR count). The van der Waals surface area contributed by atoms with Gasteiger partial charge in [-0.05, 0) is 35.7 Å². The minimum atomic E-state index is 0.525. The van der Waals surface area contributed by atoms with Crippen LogP contribution in [0, 0.1) is 5.92 Å². The molecule has 25 heavy (non-hydrogen) atoms. The third-order valence-corrected chi connectivity index (χ3v) is 5.07. The summed E-state index contributed by atoms with van der Waals surface area (Å²) in [5.74, 6) is 1.05. The molecule has 0 spiro atoms. The van der Waals surface area contributed by atoms with Crippen molar-refractivity contribution in [3.8, 4) is 5.69 Å². The Kier molecular flexibility index (Phi) is 4.59. The summed E-state index contributed by atoms with van der Waals surface area (Å²) in [6.07, 6.45) is 3.26. The van der Waals surface area contributed by atoms with E-state index in [9.17, 15) is 0 Å². The van der Waals surface area contributed by atoms with E-state index in [1.807, 2.05) is 0 Å². The molecular formula is C20H23N5. The van der Waals surface area contributed by atoms with Crippen molar-refractivity contribution in [1.82, 2.24) is 19.7 Å². The van der Waals surface area contributed by atoms with Gasteiger partial charge in [-0.25, -0.2) is 9.67 Å². The summed E-state index contributed by atoms with van der Waals surface area (Å²) >= 11 is 0. The van der Waals surface area contributed by atoms with E-state index in [4.69, 9.17) is 5.73 Å². The maximum Gasteiger partial charge on any atom is 0.138 e. The molecular weight excluding hydrogens is 310 g/mol. The Morgan fingerprint density at radius 1 is 1.00 bits per heavy atom. The first kappa shape index (κ1) is 16.0. The number of hydrogen-bond donors (Lipinski definition) is 1. The van der Waals surface area contributed by atoms with Crippen LogP contribution >= 0.6 is 0 Å². The standard InChI is InChI=1S/C20H23N5/c21-10-18-12-24(13-20(18)17-4-2-1-3-5-17)11-16-6-8-19(9-7-16)25-15-22-14-23-25/h1-9,14-15,18,20H,10-13,21H2/t18-,20+/m1/s1. The number of hydrogen-bond acceptors (Lipinski definition) is 4. The van der Waals surface area contributed by atoms with Gasteiger partial charge in [0.1, 0.15) is 12.7 Å². The number of benzene rings is 2. The van der Waals surface area contributed by atoms with Crippen LogP contribution in [-0.4, -0.2) is 39.3 Å². The van der Waals surface area contributed by atoms with E-state index in [1.165, 1.54) is 11.1 Å². The van der Waals surface area contributed by atoms with Gasteiger partial charge in [-0.2, -0.15) is 5.10 Å². The van der Waals surface area contributed by atoms with Crippen LogP contribution in [0.25, 0.3) is 5.69 Å².